The van der Waals surface area contributed by atoms with Crippen molar-refractivity contribution in [1.29, 1.82) is 0 Å². The van der Waals surface area contributed by atoms with Gasteiger partial charge in [-0.1, -0.05) is 36.4 Å². The highest BCUT2D eigenvalue weighted by Crippen LogP contribution is 2.31. The second-order valence-electron chi connectivity index (χ2n) is 6.64. The molecule has 0 radical (unpaired) electrons. The quantitative estimate of drug-likeness (QED) is 0.779. The third-order valence-corrected chi connectivity index (χ3v) is 4.92. The van der Waals surface area contributed by atoms with E-state index in [-0.39, 0.29) is 12.7 Å². The van der Waals surface area contributed by atoms with Gasteiger partial charge in [0.1, 0.15) is 12.1 Å². The molecule has 0 aliphatic carbocycles. The van der Waals surface area contributed by atoms with Gasteiger partial charge >= 0.3 is 5.97 Å². The first-order valence-corrected chi connectivity index (χ1v) is 9.08. The van der Waals surface area contributed by atoms with Crippen molar-refractivity contribution < 1.29 is 24.5 Å². The van der Waals surface area contributed by atoms with Crippen molar-refractivity contribution in [3.8, 4) is 11.5 Å². The van der Waals surface area contributed by atoms with Crippen LogP contribution in [0.3, 0.4) is 0 Å². The third-order valence-electron chi connectivity index (χ3n) is 4.92. The number of ether oxygens (including phenoxy) is 2. The summed E-state index contributed by atoms with van der Waals surface area (Å²) in [6.45, 7) is 1.22. The molecule has 6 nitrogen and oxygen atoms in total. The minimum atomic E-state index is -0.865. The fourth-order valence-electron chi connectivity index (χ4n) is 3.46. The number of piperidine rings is 1. The lowest BCUT2D eigenvalue weighted by Gasteiger charge is -2.36. The summed E-state index contributed by atoms with van der Waals surface area (Å²) in [5.41, 5.74) is 1.50. The minimum absolute atomic E-state index is 0.0313. The van der Waals surface area contributed by atoms with Crippen molar-refractivity contribution in [2.75, 3.05) is 20.2 Å². The molecule has 1 heterocycles. The molecule has 2 aromatic carbocycles. The molecule has 6 heteroatoms. The summed E-state index contributed by atoms with van der Waals surface area (Å²) in [5.74, 6) is 0.552. The van der Waals surface area contributed by atoms with Gasteiger partial charge in [-0.25, -0.2) is 0 Å². The number of para-hydroxylation sites is 2. The van der Waals surface area contributed by atoms with Gasteiger partial charge in [-0.05, 0) is 36.1 Å². The van der Waals surface area contributed by atoms with Crippen LogP contribution in [0.25, 0.3) is 0 Å². The Labute approximate surface area is 159 Å². The van der Waals surface area contributed by atoms with E-state index >= 15 is 0 Å². The van der Waals surface area contributed by atoms with E-state index in [9.17, 15) is 9.90 Å². The lowest BCUT2D eigenvalue weighted by Crippen LogP contribution is -2.43. The molecule has 1 aliphatic heterocycles. The molecule has 0 amide bonds. The number of aliphatic hydroxyl groups excluding tert-OH is 1. The Bertz CT molecular complexity index is 753. The fraction of sp³-hybridized carbons (Fsp3) is 0.381. The summed E-state index contributed by atoms with van der Waals surface area (Å²) in [7, 11) is 1.62. The monoisotopic (exact) mass is 371 g/mol. The zero-order valence-corrected chi connectivity index (χ0v) is 15.4. The number of rotatable bonds is 7. The Morgan fingerprint density at radius 1 is 1.11 bits per heavy atom. The summed E-state index contributed by atoms with van der Waals surface area (Å²) in [4.78, 5) is 13.8. The first-order chi connectivity index (χ1) is 13.1. The molecule has 0 aromatic heterocycles. The molecule has 1 fully saturated rings. The number of aliphatic carboxylic acids is 1. The summed E-state index contributed by atoms with van der Waals surface area (Å²) in [6, 6.07) is 14.0. The van der Waals surface area contributed by atoms with E-state index in [1.54, 1.807) is 31.4 Å². The molecule has 0 bridgehead atoms. The first-order valence-electron chi connectivity index (χ1n) is 9.08. The summed E-state index contributed by atoms with van der Waals surface area (Å²) in [6.07, 6.45) is 1.52. The molecule has 2 aromatic rings. The topological polar surface area (TPSA) is 79.2 Å². The van der Waals surface area contributed by atoms with E-state index in [2.05, 4.69) is 0 Å². The molecule has 2 N–H and O–H groups in total. The van der Waals surface area contributed by atoms with Crippen LogP contribution in [0.4, 0.5) is 0 Å². The maximum absolute atomic E-state index is 11.9. The molecule has 1 atom stereocenters. The van der Waals surface area contributed by atoms with Gasteiger partial charge in [0, 0.05) is 13.1 Å². The predicted octanol–water partition coefficient (Wildman–Crippen LogP) is 2.86. The van der Waals surface area contributed by atoms with Gasteiger partial charge in [-0.15, -0.1) is 0 Å². The van der Waals surface area contributed by atoms with Crippen LogP contribution in [-0.4, -0.2) is 47.4 Å². The van der Waals surface area contributed by atoms with Gasteiger partial charge < -0.3 is 19.7 Å². The fourth-order valence-corrected chi connectivity index (χ4v) is 3.46. The molecular formula is C21H25NO5. The van der Waals surface area contributed by atoms with Crippen molar-refractivity contribution in [2.24, 2.45) is 0 Å². The number of carbonyl (C=O) groups is 1. The Morgan fingerprint density at radius 2 is 1.74 bits per heavy atom. The summed E-state index contributed by atoms with van der Waals surface area (Å²) >= 11 is 0. The van der Waals surface area contributed by atoms with E-state index in [4.69, 9.17) is 14.6 Å². The van der Waals surface area contributed by atoms with Crippen molar-refractivity contribution in [2.45, 2.75) is 31.6 Å². The molecule has 0 spiro atoms. The number of carboxylic acid groups (broad SMARTS) is 1. The molecule has 144 valence electrons. The number of methoxy groups -OCH3 is 1. The lowest BCUT2D eigenvalue weighted by atomic mass is 9.99. The summed E-state index contributed by atoms with van der Waals surface area (Å²) < 4.78 is 11.4. The standard InChI is InChI=1S/C21H25NO5/c1-26-18-4-2-3-5-19(18)27-17-10-12-22(13-11-17)20(21(24)25)16-8-6-15(14-23)7-9-16/h2-9,17,20,23H,10-14H2,1H3,(H,24,25)/t20-/m0/s1. The van der Waals surface area contributed by atoms with Crippen LogP contribution in [0.15, 0.2) is 48.5 Å². The predicted molar refractivity (Wildman–Crippen MR) is 101 cm³/mol. The number of carboxylic acids is 1. The third kappa shape index (κ3) is 4.59. The van der Waals surface area contributed by atoms with Crippen LogP contribution >= 0.6 is 0 Å². The number of nitrogens with zero attached hydrogens (tertiary/aromatic N) is 1. The van der Waals surface area contributed by atoms with Gasteiger partial charge in [-0.2, -0.15) is 0 Å². The Hall–Kier alpha value is -2.57. The smallest absolute Gasteiger partial charge is 0.325 e. The van der Waals surface area contributed by atoms with Gasteiger partial charge in [0.05, 0.1) is 13.7 Å². The number of benzene rings is 2. The van der Waals surface area contributed by atoms with Gasteiger partial charge in [0.25, 0.3) is 0 Å². The lowest BCUT2D eigenvalue weighted by molar-refractivity contribution is -0.144. The van der Waals surface area contributed by atoms with E-state index in [0.29, 0.717) is 24.6 Å². The van der Waals surface area contributed by atoms with Crippen molar-refractivity contribution in [1.82, 2.24) is 4.90 Å². The average Bonchev–Trinajstić information content (AvgIpc) is 2.70. The van der Waals surface area contributed by atoms with Crippen LogP contribution in [-0.2, 0) is 11.4 Å². The molecule has 0 saturated carbocycles. The van der Waals surface area contributed by atoms with E-state index in [1.165, 1.54) is 0 Å². The van der Waals surface area contributed by atoms with Gasteiger partial charge in [0.15, 0.2) is 11.5 Å². The molecule has 0 unspecified atom stereocenters. The van der Waals surface area contributed by atoms with Crippen molar-refractivity contribution >= 4 is 5.97 Å². The number of aliphatic hydroxyl groups is 1. The molecule has 27 heavy (non-hydrogen) atoms. The largest absolute Gasteiger partial charge is 0.493 e. The molecule has 1 aliphatic rings. The molecule has 1 saturated heterocycles. The molecule has 3 rings (SSSR count). The SMILES string of the molecule is COc1ccccc1OC1CCN([C@H](C(=O)O)c2ccc(CO)cc2)CC1. The van der Waals surface area contributed by atoms with Crippen LogP contribution < -0.4 is 9.47 Å². The van der Waals surface area contributed by atoms with E-state index < -0.39 is 12.0 Å². The second-order valence-corrected chi connectivity index (χ2v) is 6.64. The van der Waals surface area contributed by atoms with Crippen LogP contribution in [0.5, 0.6) is 11.5 Å². The normalized spacial score (nSPS) is 16.7. The Morgan fingerprint density at radius 3 is 2.30 bits per heavy atom. The minimum Gasteiger partial charge on any atom is -0.493 e. The van der Waals surface area contributed by atoms with E-state index in [1.807, 2.05) is 29.2 Å². The van der Waals surface area contributed by atoms with Gasteiger partial charge in [-0.3, -0.25) is 9.69 Å². The van der Waals surface area contributed by atoms with Crippen molar-refractivity contribution in [3.63, 3.8) is 0 Å². The maximum atomic E-state index is 11.9. The second kappa shape index (κ2) is 8.88. The Balaban J connectivity index is 1.64. The average molecular weight is 371 g/mol. The van der Waals surface area contributed by atoms with Crippen LogP contribution in [0.2, 0.25) is 0 Å². The van der Waals surface area contributed by atoms with Gasteiger partial charge in [0.2, 0.25) is 0 Å². The zero-order valence-electron chi connectivity index (χ0n) is 15.4. The van der Waals surface area contributed by atoms with Crippen LogP contribution in [0, 0.1) is 0 Å². The van der Waals surface area contributed by atoms with Crippen LogP contribution in [0.1, 0.15) is 30.0 Å². The molecular weight excluding hydrogens is 346 g/mol. The first kappa shape index (κ1) is 19.2. The highest BCUT2D eigenvalue weighted by molar-refractivity contribution is 5.75. The van der Waals surface area contributed by atoms with E-state index in [0.717, 1.165) is 24.0 Å². The van der Waals surface area contributed by atoms with Crippen molar-refractivity contribution in [3.05, 3.63) is 59.7 Å². The number of hydrogen-bond acceptors (Lipinski definition) is 5. The summed E-state index contributed by atoms with van der Waals surface area (Å²) in [5, 5.41) is 18.9. The highest BCUT2D eigenvalue weighted by Gasteiger charge is 2.31. The number of hydrogen-bond donors (Lipinski definition) is 2. The number of likely N-dealkylation sites (tertiary alicyclic amines) is 1. The Kier molecular flexibility index (Phi) is 6.32. The zero-order chi connectivity index (χ0) is 19.2. The highest BCUT2D eigenvalue weighted by atomic mass is 16.5. The maximum Gasteiger partial charge on any atom is 0.325 e.